The van der Waals surface area contributed by atoms with Crippen LogP contribution < -0.4 is 4.90 Å². The summed E-state index contributed by atoms with van der Waals surface area (Å²) in [6, 6.07) is 23.9. The number of thioether (sulfide) groups is 1. The van der Waals surface area contributed by atoms with Crippen molar-refractivity contribution in [2.24, 2.45) is 27.0 Å². The summed E-state index contributed by atoms with van der Waals surface area (Å²) in [6.07, 6.45) is 7.05. The van der Waals surface area contributed by atoms with E-state index in [1.807, 2.05) is 71.6 Å². The summed E-state index contributed by atoms with van der Waals surface area (Å²) in [7, 11) is 0. The Hall–Kier alpha value is -4.14. The summed E-state index contributed by atoms with van der Waals surface area (Å²) in [6.45, 7) is 6.98. The number of aromatic nitrogens is 2. The fourth-order valence-corrected chi connectivity index (χ4v) is 7.78. The Balaban J connectivity index is 1.31. The molecule has 1 saturated heterocycles. The van der Waals surface area contributed by atoms with Crippen molar-refractivity contribution in [3.63, 3.8) is 0 Å². The van der Waals surface area contributed by atoms with Crippen LogP contribution in [-0.4, -0.2) is 31.7 Å². The average molecular weight is 622 g/mol. The summed E-state index contributed by atoms with van der Waals surface area (Å²) in [4.78, 5) is 16.1. The van der Waals surface area contributed by atoms with Crippen molar-refractivity contribution in [1.29, 1.82) is 0 Å². The number of anilines is 1. The molecule has 7 rings (SSSR count). The van der Waals surface area contributed by atoms with Crippen LogP contribution in [-0.2, 0) is 4.79 Å². The molecule has 3 aliphatic rings. The van der Waals surface area contributed by atoms with Crippen LogP contribution in [0.5, 0.6) is 5.75 Å². The Bertz CT molecular complexity index is 1840. The van der Waals surface area contributed by atoms with Crippen LogP contribution in [0.3, 0.4) is 0 Å². The number of phenolic OH excluding ortho intramolecular Hbond substituents is 1. The van der Waals surface area contributed by atoms with Gasteiger partial charge in [-0.25, -0.2) is 4.68 Å². The second kappa shape index (κ2) is 10.8. The molecular weight excluding hydrogens is 590 g/mol. The number of carbonyl (C=O) groups excluding carboxylic acids is 1. The average Bonchev–Trinajstić information content (AvgIpc) is 3.69. The SMILES string of the molecule is CC12CCC(C/C1=N\N=C1\S/C(=C\c3cn(-c4ccccc4)nc3-c3ccc(Cl)cc3)C(=O)N1c1ccc(O)cc1)C2(C)C. The first-order valence-electron chi connectivity index (χ1n) is 14.7. The lowest BCUT2D eigenvalue weighted by atomic mass is 9.70. The molecule has 1 aromatic heterocycles. The van der Waals surface area contributed by atoms with Crippen LogP contribution in [0, 0.1) is 16.7 Å². The van der Waals surface area contributed by atoms with Gasteiger partial charge in [0.15, 0.2) is 0 Å². The van der Waals surface area contributed by atoms with Gasteiger partial charge in [-0.15, -0.1) is 5.10 Å². The highest BCUT2D eigenvalue weighted by Gasteiger charge is 2.60. The van der Waals surface area contributed by atoms with Crippen molar-refractivity contribution < 1.29 is 9.90 Å². The van der Waals surface area contributed by atoms with Gasteiger partial charge in [0.25, 0.3) is 5.91 Å². The highest BCUT2D eigenvalue weighted by atomic mass is 35.5. The van der Waals surface area contributed by atoms with Crippen molar-refractivity contribution in [2.75, 3.05) is 4.90 Å². The van der Waals surface area contributed by atoms with E-state index in [1.165, 1.54) is 18.2 Å². The van der Waals surface area contributed by atoms with Gasteiger partial charge in [-0.05, 0) is 97.0 Å². The van der Waals surface area contributed by atoms with E-state index in [2.05, 4.69) is 20.8 Å². The monoisotopic (exact) mass is 621 g/mol. The van der Waals surface area contributed by atoms with Gasteiger partial charge in [0.2, 0.25) is 5.17 Å². The number of phenols is 1. The minimum Gasteiger partial charge on any atom is -0.508 e. The third-order valence-corrected chi connectivity index (χ3v) is 11.1. The molecule has 4 aromatic rings. The van der Waals surface area contributed by atoms with Crippen LogP contribution in [0.4, 0.5) is 5.69 Å². The van der Waals surface area contributed by atoms with Crippen LogP contribution in [0.15, 0.2) is 100 Å². The lowest BCUT2D eigenvalue weighted by molar-refractivity contribution is -0.113. The highest BCUT2D eigenvalue weighted by Crippen LogP contribution is 2.64. The largest absolute Gasteiger partial charge is 0.508 e. The van der Waals surface area contributed by atoms with Gasteiger partial charge in [0.05, 0.1) is 22.0 Å². The zero-order valence-electron chi connectivity index (χ0n) is 24.7. The third kappa shape index (κ3) is 4.77. The number of fused-ring (bicyclic) bond motifs is 2. The number of rotatable bonds is 5. The number of amidine groups is 1. The molecule has 2 heterocycles. The standard InChI is InChI=1S/C35H32ClN5O2S/c1-34(2)24-17-18-35(34,3)30(20-24)37-38-33-41(27-13-15-28(42)16-14-27)32(43)29(44-33)19-23-21-40(26-7-5-4-6-8-26)39-31(23)22-9-11-25(36)12-10-22/h4-16,19,21,24,42H,17-18,20H2,1-3H3/b29-19-,37-30+,38-33+. The lowest BCUT2D eigenvalue weighted by Crippen LogP contribution is -2.32. The topological polar surface area (TPSA) is 83.1 Å². The zero-order chi connectivity index (χ0) is 30.6. The van der Waals surface area contributed by atoms with Crippen LogP contribution in [0.1, 0.15) is 45.6 Å². The van der Waals surface area contributed by atoms with Crippen molar-refractivity contribution >= 4 is 51.9 Å². The minimum atomic E-state index is -0.214. The van der Waals surface area contributed by atoms with Crippen molar-refractivity contribution in [3.05, 3.63) is 101 Å². The highest BCUT2D eigenvalue weighted by molar-refractivity contribution is 8.19. The molecule has 9 heteroatoms. The Morgan fingerprint density at radius 3 is 2.36 bits per heavy atom. The summed E-state index contributed by atoms with van der Waals surface area (Å²) < 4.78 is 1.82. The first-order chi connectivity index (χ1) is 21.1. The van der Waals surface area contributed by atoms with Gasteiger partial charge < -0.3 is 5.11 Å². The van der Waals surface area contributed by atoms with E-state index in [0.717, 1.165) is 41.1 Å². The first kappa shape index (κ1) is 28.6. The molecule has 1 N–H and O–H groups in total. The van der Waals surface area contributed by atoms with Crippen molar-refractivity contribution in [3.8, 4) is 22.7 Å². The molecule has 3 aromatic carbocycles. The normalized spacial score (nSPS) is 25.2. The maximum absolute atomic E-state index is 14.1. The van der Waals surface area contributed by atoms with E-state index < -0.39 is 0 Å². The molecule has 0 spiro atoms. The third-order valence-electron chi connectivity index (χ3n) is 9.85. The van der Waals surface area contributed by atoms with Crippen molar-refractivity contribution in [2.45, 2.75) is 40.0 Å². The number of benzene rings is 3. The summed E-state index contributed by atoms with van der Waals surface area (Å²) >= 11 is 7.48. The van der Waals surface area contributed by atoms with E-state index in [0.29, 0.717) is 26.7 Å². The zero-order valence-corrected chi connectivity index (χ0v) is 26.3. The Morgan fingerprint density at radius 2 is 1.70 bits per heavy atom. The van der Waals surface area contributed by atoms with Crippen molar-refractivity contribution in [1.82, 2.24) is 9.78 Å². The predicted molar refractivity (Wildman–Crippen MR) is 179 cm³/mol. The van der Waals surface area contributed by atoms with E-state index in [1.54, 1.807) is 29.2 Å². The maximum Gasteiger partial charge on any atom is 0.271 e. The van der Waals surface area contributed by atoms with Crippen LogP contribution >= 0.6 is 23.4 Å². The van der Waals surface area contributed by atoms with Gasteiger partial charge in [-0.3, -0.25) is 9.69 Å². The molecule has 7 nitrogen and oxygen atoms in total. The number of nitrogens with zero attached hydrogens (tertiary/aromatic N) is 5. The number of aromatic hydroxyl groups is 1. The summed E-state index contributed by atoms with van der Waals surface area (Å²) in [5, 5.41) is 25.5. The first-order valence-corrected chi connectivity index (χ1v) is 15.9. The molecule has 1 amide bonds. The van der Waals surface area contributed by atoms with E-state index in [4.69, 9.17) is 26.9 Å². The molecule has 44 heavy (non-hydrogen) atoms. The number of amides is 1. The second-order valence-corrected chi connectivity index (χ2v) is 13.9. The predicted octanol–water partition coefficient (Wildman–Crippen LogP) is 8.58. The lowest BCUT2D eigenvalue weighted by Gasteiger charge is -2.34. The molecule has 1 aliphatic heterocycles. The quantitative estimate of drug-likeness (QED) is 0.179. The summed E-state index contributed by atoms with van der Waals surface area (Å²) in [5.74, 6) is 0.509. The van der Waals surface area contributed by atoms with E-state index in [9.17, 15) is 9.90 Å². The molecule has 2 atom stereocenters. The van der Waals surface area contributed by atoms with Gasteiger partial charge in [-0.2, -0.15) is 10.2 Å². The minimum absolute atomic E-state index is 0.00343. The Morgan fingerprint density at radius 1 is 0.977 bits per heavy atom. The molecule has 2 bridgehead atoms. The fourth-order valence-electron chi connectivity index (χ4n) is 6.73. The van der Waals surface area contributed by atoms with Gasteiger partial charge in [-0.1, -0.05) is 62.7 Å². The Kier molecular flexibility index (Phi) is 7.02. The molecule has 2 unspecified atom stereocenters. The molecule has 3 fully saturated rings. The molecule has 2 saturated carbocycles. The number of carbonyl (C=O) groups is 1. The number of hydrogen-bond acceptors (Lipinski definition) is 6. The molecular formula is C35H32ClN5O2S. The number of halogens is 1. The Labute approximate surface area is 266 Å². The second-order valence-electron chi connectivity index (χ2n) is 12.4. The molecule has 0 radical (unpaired) electrons. The van der Waals surface area contributed by atoms with Gasteiger partial charge in [0.1, 0.15) is 5.75 Å². The maximum atomic E-state index is 14.1. The number of hydrogen-bond donors (Lipinski definition) is 1. The van der Waals surface area contributed by atoms with E-state index in [-0.39, 0.29) is 22.5 Å². The van der Waals surface area contributed by atoms with Gasteiger partial charge in [0, 0.05) is 33.5 Å². The smallest absolute Gasteiger partial charge is 0.271 e. The van der Waals surface area contributed by atoms with E-state index >= 15 is 0 Å². The fraction of sp³-hybridized carbons (Fsp3) is 0.257. The molecule has 222 valence electrons. The number of para-hydroxylation sites is 1. The molecule has 2 aliphatic carbocycles. The van der Waals surface area contributed by atoms with Crippen LogP contribution in [0.2, 0.25) is 5.02 Å². The van der Waals surface area contributed by atoms with Crippen LogP contribution in [0.25, 0.3) is 23.0 Å². The van der Waals surface area contributed by atoms with Gasteiger partial charge >= 0.3 is 0 Å². The summed E-state index contributed by atoms with van der Waals surface area (Å²) in [5.41, 5.74) is 5.19.